The van der Waals surface area contributed by atoms with Gasteiger partial charge in [-0.1, -0.05) is 30.3 Å². The minimum atomic E-state index is -4.44. The summed E-state index contributed by atoms with van der Waals surface area (Å²) in [6.07, 6.45) is -4.44. The van der Waals surface area contributed by atoms with Gasteiger partial charge in [0.2, 0.25) is 5.91 Å². The zero-order valence-corrected chi connectivity index (χ0v) is 16.4. The van der Waals surface area contributed by atoms with Gasteiger partial charge in [0.25, 0.3) is 0 Å². The van der Waals surface area contributed by atoms with Crippen molar-refractivity contribution >= 4 is 23.2 Å². The molecule has 1 atom stereocenters. The van der Waals surface area contributed by atoms with Gasteiger partial charge in [0.15, 0.2) is 5.54 Å². The summed E-state index contributed by atoms with van der Waals surface area (Å²) in [6.45, 7) is 2.28. The van der Waals surface area contributed by atoms with E-state index in [0.717, 1.165) is 17.8 Å². The topological polar surface area (TPSA) is 47.3 Å². The van der Waals surface area contributed by atoms with Crippen LogP contribution in [0.1, 0.15) is 24.1 Å². The number of hydrogen-bond acceptors (Lipinski definition) is 3. The molecular formula is C21H19ClF3N3O. The van der Waals surface area contributed by atoms with Crippen LogP contribution < -0.4 is 4.90 Å². The molecule has 29 heavy (non-hydrogen) atoms. The number of amides is 1. The van der Waals surface area contributed by atoms with Crippen LogP contribution in [0.3, 0.4) is 0 Å². The van der Waals surface area contributed by atoms with Crippen molar-refractivity contribution in [1.82, 2.24) is 4.90 Å². The van der Waals surface area contributed by atoms with E-state index in [-0.39, 0.29) is 5.88 Å². The van der Waals surface area contributed by atoms with Crippen molar-refractivity contribution in [3.63, 3.8) is 0 Å². The van der Waals surface area contributed by atoms with Crippen LogP contribution in [0.15, 0.2) is 54.6 Å². The minimum Gasteiger partial charge on any atom is -0.364 e. The Hall–Kier alpha value is -2.72. The molecule has 0 radical (unpaired) electrons. The Kier molecular flexibility index (Phi) is 5.76. The molecule has 0 saturated carbocycles. The summed E-state index contributed by atoms with van der Waals surface area (Å²) in [4.78, 5) is 16.0. The van der Waals surface area contributed by atoms with Crippen LogP contribution in [0.4, 0.5) is 18.9 Å². The molecule has 8 heteroatoms. The summed E-state index contributed by atoms with van der Waals surface area (Å²) in [7, 11) is 0. The predicted octanol–water partition coefficient (Wildman–Crippen LogP) is 4.62. The molecule has 1 fully saturated rings. The fraction of sp³-hybridized carbons (Fsp3) is 0.333. The van der Waals surface area contributed by atoms with E-state index in [1.54, 1.807) is 6.92 Å². The Labute approximate surface area is 172 Å². The molecule has 0 bridgehead atoms. The normalized spacial score (nSPS) is 16.5. The highest BCUT2D eigenvalue weighted by Gasteiger charge is 2.52. The third-order valence-electron chi connectivity index (χ3n) is 5.19. The second-order valence-electron chi connectivity index (χ2n) is 7.03. The maximum absolute atomic E-state index is 12.8. The van der Waals surface area contributed by atoms with Gasteiger partial charge in [0.05, 0.1) is 30.8 Å². The molecule has 2 aromatic rings. The molecule has 3 rings (SSSR count). The summed E-state index contributed by atoms with van der Waals surface area (Å²) in [5.74, 6) is -0.756. The number of benzene rings is 2. The Morgan fingerprint density at radius 3 is 2.28 bits per heavy atom. The second kappa shape index (κ2) is 7.96. The lowest BCUT2D eigenvalue weighted by atomic mass is 9.86. The number of nitriles is 1. The highest BCUT2D eigenvalue weighted by Crippen LogP contribution is 2.38. The van der Waals surface area contributed by atoms with Gasteiger partial charge in [-0.25, -0.2) is 0 Å². The van der Waals surface area contributed by atoms with Crippen molar-refractivity contribution in [2.45, 2.75) is 24.7 Å². The molecule has 1 aliphatic rings. The number of anilines is 1. The van der Waals surface area contributed by atoms with Gasteiger partial charge in [-0.2, -0.15) is 18.4 Å². The lowest BCUT2D eigenvalue weighted by Gasteiger charge is -2.54. The van der Waals surface area contributed by atoms with Gasteiger partial charge in [-0.3, -0.25) is 4.79 Å². The Balaban J connectivity index is 1.88. The van der Waals surface area contributed by atoms with Crippen molar-refractivity contribution in [2.75, 3.05) is 23.9 Å². The maximum atomic E-state index is 12.8. The van der Waals surface area contributed by atoms with Crippen molar-refractivity contribution < 1.29 is 18.0 Å². The average Bonchev–Trinajstić information content (AvgIpc) is 2.69. The minimum absolute atomic E-state index is 0.293. The van der Waals surface area contributed by atoms with Crippen LogP contribution in [0.5, 0.6) is 0 Å². The first-order chi connectivity index (χ1) is 13.7. The van der Waals surface area contributed by atoms with Gasteiger partial charge >= 0.3 is 6.18 Å². The SMILES string of the molecule is CC(c1ccc(C(F)(F)F)cc1)N(C(=O)CCl)C1(C#N)CN(c2ccccc2)C1. The molecule has 1 saturated heterocycles. The van der Waals surface area contributed by atoms with Crippen LogP contribution in [-0.4, -0.2) is 35.3 Å². The highest BCUT2D eigenvalue weighted by molar-refractivity contribution is 6.27. The number of carbonyl (C=O) groups is 1. The van der Waals surface area contributed by atoms with E-state index in [1.807, 2.05) is 35.2 Å². The molecule has 1 unspecified atom stereocenters. The summed E-state index contributed by atoms with van der Waals surface area (Å²) in [5.41, 5.74) is -0.440. The molecule has 1 amide bonds. The van der Waals surface area contributed by atoms with E-state index in [2.05, 4.69) is 6.07 Å². The Bertz CT molecular complexity index is 904. The third-order valence-corrected chi connectivity index (χ3v) is 5.41. The number of halogens is 4. The number of rotatable bonds is 5. The van der Waals surface area contributed by atoms with Crippen LogP contribution in [0.2, 0.25) is 0 Å². The molecule has 0 N–H and O–H groups in total. The zero-order chi connectivity index (χ0) is 21.2. The molecule has 152 valence electrons. The quantitative estimate of drug-likeness (QED) is 0.662. The number of para-hydroxylation sites is 1. The van der Waals surface area contributed by atoms with Crippen LogP contribution >= 0.6 is 11.6 Å². The molecule has 0 aliphatic carbocycles. The van der Waals surface area contributed by atoms with E-state index in [0.29, 0.717) is 18.7 Å². The Morgan fingerprint density at radius 2 is 1.79 bits per heavy atom. The Morgan fingerprint density at radius 1 is 1.21 bits per heavy atom. The first kappa shape index (κ1) is 21.0. The lowest BCUT2D eigenvalue weighted by molar-refractivity contribution is -0.138. The molecule has 0 spiro atoms. The van der Waals surface area contributed by atoms with E-state index in [1.165, 1.54) is 17.0 Å². The van der Waals surface area contributed by atoms with E-state index < -0.39 is 29.2 Å². The maximum Gasteiger partial charge on any atom is 0.416 e. The zero-order valence-electron chi connectivity index (χ0n) is 15.7. The number of carbonyl (C=O) groups excluding carboxylic acids is 1. The average molecular weight is 422 g/mol. The van der Waals surface area contributed by atoms with E-state index in [9.17, 15) is 23.2 Å². The highest BCUT2D eigenvalue weighted by atomic mass is 35.5. The van der Waals surface area contributed by atoms with E-state index >= 15 is 0 Å². The van der Waals surface area contributed by atoms with Gasteiger partial charge < -0.3 is 9.80 Å². The molecule has 1 heterocycles. The fourth-order valence-electron chi connectivity index (χ4n) is 3.67. The summed E-state index contributed by atoms with van der Waals surface area (Å²) in [6, 6.07) is 15.7. The standard InChI is InChI=1S/C21H19ClF3N3O/c1-15(16-7-9-17(10-8-16)21(23,24)25)28(19(29)11-22)20(12-26)13-27(14-20)18-5-3-2-4-6-18/h2-10,15H,11,13-14H2,1H3. The third kappa shape index (κ3) is 4.03. The first-order valence-electron chi connectivity index (χ1n) is 8.98. The number of hydrogen-bond donors (Lipinski definition) is 0. The van der Waals surface area contributed by atoms with Crippen LogP contribution in [0.25, 0.3) is 0 Å². The molecule has 2 aromatic carbocycles. The summed E-state index contributed by atoms with van der Waals surface area (Å²) in [5, 5.41) is 9.90. The molecule has 1 aliphatic heterocycles. The van der Waals surface area contributed by atoms with Crippen LogP contribution in [0, 0.1) is 11.3 Å². The van der Waals surface area contributed by atoms with Gasteiger partial charge in [-0.15, -0.1) is 11.6 Å². The molecular weight excluding hydrogens is 403 g/mol. The predicted molar refractivity (Wildman–Crippen MR) is 104 cm³/mol. The molecule has 0 aromatic heterocycles. The van der Waals surface area contributed by atoms with Crippen molar-refractivity contribution in [2.24, 2.45) is 0 Å². The summed E-state index contributed by atoms with van der Waals surface area (Å²) < 4.78 is 38.5. The fourth-order valence-corrected chi connectivity index (χ4v) is 3.80. The smallest absolute Gasteiger partial charge is 0.364 e. The van der Waals surface area contributed by atoms with Crippen LogP contribution in [-0.2, 0) is 11.0 Å². The number of nitrogens with zero attached hydrogens (tertiary/aromatic N) is 3. The summed E-state index contributed by atoms with van der Waals surface area (Å²) >= 11 is 5.80. The number of alkyl halides is 4. The van der Waals surface area contributed by atoms with Gasteiger partial charge in [0, 0.05) is 5.69 Å². The largest absolute Gasteiger partial charge is 0.416 e. The first-order valence-corrected chi connectivity index (χ1v) is 9.52. The van der Waals surface area contributed by atoms with Crippen molar-refractivity contribution in [3.05, 3.63) is 65.7 Å². The monoisotopic (exact) mass is 421 g/mol. The second-order valence-corrected chi connectivity index (χ2v) is 7.30. The van der Waals surface area contributed by atoms with Gasteiger partial charge in [0.1, 0.15) is 5.88 Å². The lowest BCUT2D eigenvalue weighted by Crippen LogP contribution is -2.71. The van der Waals surface area contributed by atoms with Gasteiger partial charge in [-0.05, 0) is 36.8 Å². The van der Waals surface area contributed by atoms with E-state index in [4.69, 9.17) is 11.6 Å². The van der Waals surface area contributed by atoms with Crippen molar-refractivity contribution in [3.8, 4) is 6.07 Å². The molecule has 4 nitrogen and oxygen atoms in total. The van der Waals surface area contributed by atoms with Crippen molar-refractivity contribution in [1.29, 1.82) is 5.26 Å².